The number of aliphatic hydroxyl groups excluding tert-OH is 1. The first kappa shape index (κ1) is 39.7. The summed E-state index contributed by atoms with van der Waals surface area (Å²) in [6, 6.07) is 6.04. The molecule has 0 saturated heterocycles. The van der Waals surface area contributed by atoms with Gasteiger partial charge in [-0.3, -0.25) is 39.2 Å². The zero-order valence-electron chi connectivity index (χ0n) is 32.2. The molecule has 0 unspecified atom stereocenters. The van der Waals surface area contributed by atoms with Crippen molar-refractivity contribution >= 4 is 57.6 Å². The van der Waals surface area contributed by atoms with Crippen LogP contribution in [0.3, 0.4) is 0 Å². The smallest absolute Gasteiger partial charge is 0.261 e. The van der Waals surface area contributed by atoms with Crippen LogP contribution in [0.1, 0.15) is 73.1 Å². The Hall–Kier alpha value is -7.02. The number of fused-ring (bicyclic) bond motifs is 2. The highest BCUT2D eigenvalue weighted by molar-refractivity contribution is 6.06. The number of amides is 4. The predicted octanol–water partition coefficient (Wildman–Crippen LogP) is 2.71. The van der Waals surface area contributed by atoms with Crippen LogP contribution in [0.15, 0.2) is 48.8 Å². The lowest BCUT2D eigenvalue weighted by atomic mass is 10.1. The molecular formula is C38H44N12O7. The zero-order valence-corrected chi connectivity index (χ0v) is 32.2. The number of aryl methyl sites for hydroxylation is 4. The van der Waals surface area contributed by atoms with Crippen LogP contribution in [-0.4, -0.2) is 87.7 Å². The van der Waals surface area contributed by atoms with E-state index < -0.39 is 23.6 Å². The highest BCUT2D eigenvalue weighted by Crippen LogP contribution is 2.33. The maximum absolute atomic E-state index is 13.7. The van der Waals surface area contributed by atoms with Gasteiger partial charge < -0.3 is 35.2 Å². The van der Waals surface area contributed by atoms with Gasteiger partial charge in [0.1, 0.15) is 22.5 Å². The third-order valence-electron chi connectivity index (χ3n) is 9.13. The first-order chi connectivity index (χ1) is 27.4. The number of nitrogens with zero attached hydrogens (tertiary/aromatic N) is 8. The average Bonchev–Trinajstić information content (AvgIpc) is 3.95. The lowest BCUT2D eigenvalue weighted by Crippen LogP contribution is -2.17. The molecule has 19 nitrogen and oxygen atoms in total. The monoisotopic (exact) mass is 780 g/mol. The van der Waals surface area contributed by atoms with E-state index in [1.165, 1.54) is 31.4 Å². The van der Waals surface area contributed by atoms with Gasteiger partial charge in [0.15, 0.2) is 0 Å². The number of primary amides is 2. The number of aliphatic hydroxyl groups is 1. The normalized spacial score (nSPS) is 11.5. The fraction of sp³-hybridized carbons (Fsp3) is 0.316. The van der Waals surface area contributed by atoms with Gasteiger partial charge >= 0.3 is 0 Å². The fourth-order valence-electron chi connectivity index (χ4n) is 6.47. The number of rotatable bonds is 17. The predicted molar refractivity (Wildman–Crippen MR) is 210 cm³/mol. The van der Waals surface area contributed by atoms with Gasteiger partial charge in [-0.05, 0) is 37.1 Å². The molecule has 6 rings (SSSR count). The van der Waals surface area contributed by atoms with Crippen LogP contribution in [0, 0.1) is 0 Å². The SMILES string of the molecule is CCc1nn(C)cc1C(=O)Nc1nc2cc(C(N)=O)cc(OC)c2n1CC=CCn1c(NC(=O)c2cn(C)nc2CC)nc2cc(C(N)=O)cc(OCCCO)c21. The molecule has 6 aromatic rings. The summed E-state index contributed by atoms with van der Waals surface area (Å²) >= 11 is 0. The second-order valence-electron chi connectivity index (χ2n) is 13.0. The van der Waals surface area contributed by atoms with Crippen molar-refractivity contribution in [3.63, 3.8) is 0 Å². The van der Waals surface area contributed by atoms with Gasteiger partial charge in [-0.2, -0.15) is 10.2 Å². The van der Waals surface area contributed by atoms with Crippen LogP contribution in [0.5, 0.6) is 11.5 Å². The van der Waals surface area contributed by atoms with E-state index in [1.807, 2.05) is 26.0 Å². The minimum atomic E-state index is -0.699. The Morgan fingerprint density at radius 1 is 0.754 bits per heavy atom. The summed E-state index contributed by atoms with van der Waals surface area (Å²) in [7, 11) is 4.91. The first-order valence-electron chi connectivity index (χ1n) is 18.2. The number of allylic oxidation sites excluding steroid dienone is 2. The zero-order chi connectivity index (χ0) is 41.0. The molecule has 298 valence electrons. The summed E-state index contributed by atoms with van der Waals surface area (Å²) in [4.78, 5) is 61.1. The van der Waals surface area contributed by atoms with E-state index in [9.17, 15) is 24.3 Å². The Morgan fingerprint density at radius 2 is 1.21 bits per heavy atom. The summed E-state index contributed by atoms with van der Waals surface area (Å²) in [5.41, 5.74) is 15.2. The number of nitrogens with two attached hydrogens (primary N) is 2. The highest BCUT2D eigenvalue weighted by Gasteiger charge is 2.24. The van der Waals surface area contributed by atoms with E-state index >= 15 is 0 Å². The third-order valence-corrected chi connectivity index (χ3v) is 9.13. The summed E-state index contributed by atoms with van der Waals surface area (Å²) in [6.45, 7) is 4.11. The van der Waals surface area contributed by atoms with Gasteiger partial charge in [-0.25, -0.2) is 9.97 Å². The molecule has 4 aromatic heterocycles. The summed E-state index contributed by atoms with van der Waals surface area (Å²) < 4.78 is 18.3. The number of ether oxygens (including phenoxy) is 2. The van der Waals surface area contributed by atoms with Gasteiger partial charge in [0.25, 0.3) is 11.8 Å². The van der Waals surface area contributed by atoms with Crippen molar-refractivity contribution in [1.82, 2.24) is 38.7 Å². The molecule has 0 bridgehead atoms. The molecule has 7 N–H and O–H groups in total. The van der Waals surface area contributed by atoms with Gasteiger partial charge in [0, 0.05) is 63.7 Å². The molecule has 4 amide bonds. The first-order valence-corrected chi connectivity index (χ1v) is 18.2. The molecule has 0 fully saturated rings. The number of imidazole rings is 2. The molecule has 19 heteroatoms. The Bertz CT molecular complexity index is 2540. The third kappa shape index (κ3) is 8.18. The van der Waals surface area contributed by atoms with Crippen molar-refractivity contribution in [2.45, 2.75) is 46.2 Å². The fourth-order valence-corrected chi connectivity index (χ4v) is 6.47. The molecule has 0 saturated carbocycles. The minimum absolute atomic E-state index is 0.116. The van der Waals surface area contributed by atoms with E-state index in [0.717, 1.165) is 0 Å². The van der Waals surface area contributed by atoms with E-state index in [2.05, 4.69) is 30.8 Å². The van der Waals surface area contributed by atoms with Gasteiger partial charge in [0.2, 0.25) is 23.7 Å². The Labute approximate surface area is 326 Å². The van der Waals surface area contributed by atoms with Crippen molar-refractivity contribution in [2.24, 2.45) is 25.6 Å². The molecule has 0 radical (unpaired) electrons. The molecule has 57 heavy (non-hydrogen) atoms. The Morgan fingerprint density at radius 3 is 1.63 bits per heavy atom. The van der Waals surface area contributed by atoms with E-state index in [4.69, 9.17) is 20.9 Å². The quantitative estimate of drug-likeness (QED) is 0.0664. The summed E-state index contributed by atoms with van der Waals surface area (Å²) in [5.74, 6) is -1.33. The second-order valence-corrected chi connectivity index (χ2v) is 13.0. The molecule has 0 atom stereocenters. The van der Waals surface area contributed by atoms with Crippen LogP contribution in [0.4, 0.5) is 11.9 Å². The van der Waals surface area contributed by atoms with Crippen molar-refractivity contribution in [3.8, 4) is 11.5 Å². The van der Waals surface area contributed by atoms with Crippen LogP contribution >= 0.6 is 0 Å². The maximum Gasteiger partial charge on any atom is 0.261 e. The number of nitrogens with one attached hydrogen (secondary N) is 2. The van der Waals surface area contributed by atoms with Crippen LogP contribution in [-0.2, 0) is 40.0 Å². The van der Waals surface area contributed by atoms with E-state index in [0.29, 0.717) is 69.6 Å². The minimum Gasteiger partial charge on any atom is -0.494 e. The Kier molecular flexibility index (Phi) is 11.7. The standard InChI is InChI=1S/C38H44N12O7/c1-6-25-23(19-47(3)45-25)35(54)43-37-41-27-15-21(33(39)52)17-29(56-5)31(27)49(37)11-8-9-12-50-32-28(16-22(34(40)53)18-30(32)57-14-10-13-51)42-38(50)44-36(55)24-20-48(4)46-26(24)7-2/h8-9,15-20,51H,6-7,10-14H2,1-5H3,(H2,39,52)(H2,40,53)(H,41,43,54)(H,42,44,55). The molecule has 0 spiro atoms. The molecule has 2 aromatic carbocycles. The second kappa shape index (κ2) is 16.8. The number of anilines is 2. The number of carbonyl (C=O) groups excluding carboxylic acids is 4. The number of methoxy groups -OCH3 is 1. The van der Waals surface area contributed by atoms with Crippen molar-refractivity contribution in [2.75, 3.05) is 31.0 Å². The van der Waals surface area contributed by atoms with Crippen molar-refractivity contribution < 1.29 is 33.8 Å². The molecule has 0 aliphatic heterocycles. The molecule has 0 aliphatic carbocycles. The van der Waals surface area contributed by atoms with Gasteiger partial charge in [0.05, 0.1) is 47.3 Å². The maximum atomic E-state index is 13.7. The van der Waals surface area contributed by atoms with Crippen LogP contribution < -0.4 is 31.6 Å². The highest BCUT2D eigenvalue weighted by atomic mass is 16.5. The molecular weight excluding hydrogens is 736 g/mol. The largest absolute Gasteiger partial charge is 0.494 e. The lowest BCUT2D eigenvalue weighted by molar-refractivity contribution is 0.0991. The average molecular weight is 781 g/mol. The Balaban J connectivity index is 1.41. The molecule has 4 heterocycles. The number of carbonyl (C=O) groups is 4. The number of aromatic nitrogens is 8. The van der Waals surface area contributed by atoms with E-state index in [-0.39, 0.29) is 55.1 Å². The van der Waals surface area contributed by atoms with Crippen molar-refractivity contribution in [3.05, 3.63) is 82.5 Å². The van der Waals surface area contributed by atoms with Gasteiger partial charge in [-0.15, -0.1) is 0 Å². The number of hydrogen-bond acceptors (Lipinski definition) is 11. The molecule has 0 aliphatic rings. The van der Waals surface area contributed by atoms with Crippen molar-refractivity contribution in [1.29, 1.82) is 0 Å². The summed E-state index contributed by atoms with van der Waals surface area (Å²) in [5, 5.41) is 24.0. The lowest BCUT2D eigenvalue weighted by Gasteiger charge is -2.13. The van der Waals surface area contributed by atoms with E-state index in [1.54, 1.807) is 45.0 Å². The number of benzene rings is 2. The number of hydrogen-bond donors (Lipinski definition) is 5. The van der Waals surface area contributed by atoms with Crippen LogP contribution in [0.2, 0.25) is 0 Å². The van der Waals surface area contributed by atoms with Gasteiger partial charge in [-0.1, -0.05) is 26.0 Å². The van der Waals surface area contributed by atoms with Crippen LogP contribution in [0.25, 0.3) is 22.1 Å². The summed E-state index contributed by atoms with van der Waals surface area (Å²) in [6.07, 6.45) is 8.26. The topological polar surface area (TPSA) is 254 Å².